The lowest BCUT2D eigenvalue weighted by atomic mass is 9.98. The Balaban J connectivity index is 1.66. The van der Waals surface area contributed by atoms with Crippen LogP contribution in [0.3, 0.4) is 0 Å². The molecule has 5 heteroatoms. The van der Waals surface area contributed by atoms with Crippen molar-refractivity contribution in [2.24, 2.45) is 0 Å². The Morgan fingerprint density at radius 3 is 2.69 bits per heavy atom. The smallest absolute Gasteiger partial charge is 0.260 e. The summed E-state index contributed by atoms with van der Waals surface area (Å²) >= 11 is 0. The predicted molar refractivity (Wildman–Crippen MR) is 114 cm³/mol. The number of nitrogens with one attached hydrogen (secondary N) is 1. The van der Waals surface area contributed by atoms with Crippen molar-refractivity contribution < 1.29 is 14.3 Å². The molecule has 3 aromatic carbocycles. The van der Waals surface area contributed by atoms with Gasteiger partial charge in [-0.1, -0.05) is 36.4 Å². The molecule has 1 N–H and O–H groups in total. The molecule has 0 saturated heterocycles. The summed E-state index contributed by atoms with van der Waals surface area (Å²) in [5, 5.41) is 4.87. The first kappa shape index (κ1) is 19.0. The van der Waals surface area contributed by atoms with Crippen LogP contribution in [0.25, 0.3) is 10.8 Å². The first-order valence-electron chi connectivity index (χ1n) is 9.90. The number of hydrogen-bond donors (Lipinski definition) is 1. The van der Waals surface area contributed by atoms with Gasteiger partial charge in [0.2, 0.25) is 5.91 Å². The number of amides is 2. The topological polar surface area (TPSA) is 58.6 Å². The van der Waals surface area contributed by atoms with Gasteiger partial charge in [0.1, 0.15) is 5.75 Å². The van der Waals surface area contributed by atoms with E-state index in [4.69, 9.17) is 4.74 Å². The van der Waals surface area contributed by atoms with Crippen molar-refractivity contribution in [1.82, 2.24) is 4.90 Å². The number of benzene rings is 3. The van der Waals surface area contributed by atoms with Crippen molar-refractivity contribution in [3.8, 4) is 5.75 Å². The molecular weight excluding hydrogens is 364 g/mol. The maximum Gasteiger partial charge on any atom is 0.260 e. The number of fused-ring (bicyclic) bond motifs is 2. The summed E-state index contributed by atoms with van der Waals surface area (Å²) in [5.74, 6) is 0.441. The fraction of sp³-hybridized carbons (Fsp3) is 0.250. The van der Waals surface area contributed by atoms with E-state index in [-0.39, 0.29) is 11.8 Å². The zero-order valence-corrected chi connectivity index (χ0v) is 16.7. The van der Waals surface area contributed by atoms with Gasteiger partial charge in [-0.25, -0.2) is 0 Å². The molecule has 29 heavy (non-hydrogen) atoms. The van der Waals surface area contributed by atoms with Gasteiger partial charge in [0.05, 0.1) is 12.2 Å². The summed E-state index contributed by atoms with van der Waals surface area (Å²) < 4.78 is 5.73. The Kier molecular flexibility index (Phi) is 5.21. The third kappa shape index (κ3) is 3.81. The third-order valence-corrected chi connectivity index (χ3v) is 5.34. The Morgan fingerprint density at radius 2 is 1.90 bits per heavy atom. The largest absolute Gasteiger partial charge is 0.493 e. The van der Waals surface area contributed by atoms with Gasteiger partial charge in [-0.3, -0.25) is 9.59 Å². The molecule has 1 aliphatic heterocycles. The number of hydrogen-bond acceptors (Lipinski definition) is 3. The number of rotatable bonds is 4. The van der Waals surface area contributed by atoms with Crippen LogP contribution in [0, 0.1) is 0 Å². The van der Waals surface area contributed by atoms with Crippen LogP contribution in [0.15, 0.2) is 54.6 Å². The number of ether oxygens (including phenoxy) is 1. The molecular formula is C24H24N2O3. The van der Waals surface area contributed by atoms with Crippen molar-refractivity contribution >= 4 is 28.3 Å². The van der Waals surface area contributed by atoms with E-state index in [1.807, 2.05) is 66.4 Å². The van der Waals surface area contributed by atoms with E-state index in [1.165, 1.54) is 5.56 Å². The molecule has 4 rings (SSSR count). The molecule has 0 atom stereocenters. The molecule has 1 heterocycles. The minimum Gasteiger partial charge on any atom is -0.493 e. The van der Waals surface area contributed by atoms with Crippen molar-refractivity contribution in [2.75, 3.05) is 18.5 Å². The van der Waals surface area contributed by atoms with Crippen LogP contribution in [0.2, 0.25) is 0 Å². The van der Waals surface area contributed by atoms with Crippen molar-refractivity contribution in [3.05, 3.63) is 71.3 Å². The minimum atomic E-state index is -0.204. The molecule has 0 aliphatic carbocycles. The zero-order valence-electron chi connectivity index (χ0n) is 16.7. The second kappa shape index (κ2) is 7.95. The van der Waals surface area contributed by atoms with Gasteiger partial charge in [0.15, 0.2) is 0 Å². The van der Waals surface area contributed by atoms with Crippen LogP contribution in [0.5, 0.6) is 5.75 Å². The zero-order chi connectivity index (χ0) is 20.4. The van der Waals surface area contributed by atoms with Gasteiger partial charge in [-0.15, -0.1) is 0 Å². The van der Waals surface area contributed by atoms with Gasteiger partial charge in [-0.2, -0.15) is 0 Å². The van der Waals surface area contributed by atoms with Crippen LogP contribution < -0.4 is 10.1 Å². The third-order valence-electron chi connectivity index (χ3n) is 5.34. The standard InChI is InChI=1S/C24H24N2O3/c1-3-29-22-11-9-18-6-4-5-7-21(18)23(22)24(28)25-20-10-8-17-12-13-26(16(2)27)15-19(17)14-20/h4-11,14H,3,12-13,15H2,1-2H3,(H,25,28). The second-order valence-electron chi connectivity index (χ2n) is 7.22. The SMILES string of the molecule is CCOc1ccc2ccccc2c1C(=O)Nc1ccc2c(c1)CN(C(C)=O)CC2. The van der Waals surface area contributed by atoms with Gasteiger partial charge in [0, 0.05) is 25.7 Å². The van der Waals surface area contributed by atoms with Crippen molar-refractivity contribution in [2.45, 2.75) is 26.8 Å². The lowest BCUT2D eigenvalue weighted by Gasteiger charge is -2.28. The summed E-state index contributed by atoms with van der Waals surface area (Å²) in [6, 6.07) is 17.5. The quantitative estimate of drug-likeness (QED) is 0.721. The fourth-order valence-electron chi connectivity index (χ4n) is 3.86. The fourth-order valence-corrected chi connectivity index (χ4v) is 3.86. The highest BCUT2D eigenvalue weighted by Crippen LogP contribution is 2.30. The van der Waals surface area contributed by atoms with Crippen LogP contribution >= 0.6 is 0 Å². The number of carbonyl (C=O) groups is 2. The molecule has 0 spiro atoms. The highest BCUT2D eigenvalue weighted by Gasteiger charge is 2.20. The first-order valence-corrected chi connectivity index (χ1v) is 9.90. The molecule has 1 aliphatic rings. The maximum atomic E-state index is 13.2. The van der Waals surface area contributed by atoms with Gasteiger partial charge in [0.25, 0.3) is 5.91 Å². The van der Waals surface area contributed by atoms with E-state index in [0.717, 1.165) is 35.0 Å². The van der Waals surface area contributed by atoms with Gasteiger partial charge >= 0.3 is 0 Å². The highest BCUT2D eigenvalue weighted by atomic mass is 16.5. The van der Waals surface area contributed by atoms with Crippen LogP contribution in [-0.4, -0.2) is 29.9 Å². The summed E-state index contributed by atoms with van der Waals surface area (Å²) in [6.07, 6.45) is 0.834. The monoisotopic (exact) mass is 388 g/mol. The van der Waals surface area contributed by atoms with E-state index in [9.17, 15) is 9.59 Å². The van der Waals surface area contributed by atoms with E-state index in [2.05, 4.69) is 5.32 Å². The molecule has 0 fully saturated rings. The first-order chi connectivity index (χ1) is 14.1. The molecule has 148 valence electrons. The molecule has 0 bridgehead atoms. The van der Waals surface area contributed by atoms with E-state index in [0.29, 0.717) is 24.5 Å². The summed E-state index contributed by atoms with van der Waals surface area (Å²) in [4.78, 5) is 26.8. The van der Waals surface area contributed by atoms with E-state index in [1.54, 1.807) is 6.92 Å². The highest BCUT2D eigenvalue weighted by molar-refractivity contribution is 6.15. The van der Waals surface area contributed by atoms with Crippen molar-refractivity contribution in [1.29, 1.82) is 0 Å². The maximum absolute atomic E-state index is 13.2. The second-order valence-corrected chi connectivity index (χ2v) is 7.22. The van der Waals surface area contributed by atoms with Crippen LogP contribution in [0.1, 0.15) is 35.3 Å². The van der Waals surface area contributed by atoms with E-state index < -0.39 is 0 Å². The molecule has 2 amide bonds. The average molecular weight is 388 g/mol. The summed E-state index contributed by atoms with van der Waals surface area (Å²) in [7, 11) is 0. The normalized spacial score (nSPS) is 13.1. The van der Waals surface area contributed by atoms with Gasteiger partial charge < -0.3 is 15.0 Å². The number of anilines is 1. The Bertz CT molecular complexity index is 1090. The predicted octanol–water partition coefficient (Wildman–Crippen LogP) is 4.40. The van der Waals surface area contributed by atoms with Crippen LogP contribution in [-0.2, 0) is 17.8 Å². The average Bonchev–Trinajstić information content (AvgIpc) is 2.73. The molecule has 3 aromatic rings. The number of nitrogens with zero attached hydrogens (tertiary/aromatic N) is 1. The van der Waals surface area contributed by atoms with E-state index >= 15 is 0 Å². The molecule has 0 radical (unpaired) electrons. The molecule has 5 nitrogen and oxygen atoms in total. The Labute approximate surface area is 170 Å². The molecule has 0 saturated carbocycles. The van der Waals surface area contributed by atoms with Gasteiger partial charge in [-0.05, 0) is 53.4 Å². The Morgan fingerprint density at radius 1 is 1.07 bits per heavy atom. The van der Waals surface area contributed by atoms with Crippen molar-refractivity contribution in [3.63, 3.8) is 0 Å². The lowest BCUT2D eigenvalue weighted by Crippen LogP contribution is -2.34. The number of carbonyl (C=O) groups excluding carboxylic acids is 2. The molecule has 0 unspecified atom stereocenters. The minimum absolute atomic E-state index is 0.0715. The summed E-state index contributed by atoms with van der Waals surface area (Å²) in [6.45, 7) is 5.29. The Hall–Kier alpha value is -3.34. The molecule has 0 aromatic heterocycles. The lowest BCUT2D eigenvalue weighted by molar-refractivity contribution is -0.129. The van der Waals surface area contributed by atoms with Crippen LogP contribution in [0.4, 0.5) is 5.69 Å². The summed E-state index contributed by atoms with van der Waals surface area (Å²) in [5.41, 5.74) is 3.55.